The van der Waals surface area contributed by atoms with Crippen molar-refractivity contribution in [2.45, 2.75) is 6.43 Å². The molecule has 1 aromatic carbocycles. The molecule has 0 aliphatic carbocycles. The summed E-state index contributed by atoms with van der Waals surface area (Å²) in [7, 11) is 0. The Balaban J connectivity index is 2.79. The summed E-state index contributed by atoms with van der Waals surface area (Å²) in [5.41, 5.74) is 5.60. The Hall–Kier alpha value is -1.92. The lowest BCUT2D eigenvalue weighted by atomic mass is 10.2. The number of rotatable bonds is 4. The SMILES string of the molecule is Nc1cc([N+](=O)[O-])ccc1NCC(F)F. The molecule has 1 aromatic rings. The maximum absolute atomic E-state index is 11.8. The van der Waals surface area contributed by atoms with Gasteiger partial charge in [-0.15, -0.1) is 0 Å². The Kier molecular flexibility index (Phi) is 3.37. The summed E-state index contributed by atoms with van der Waals surface area (Å²) in [5, 5.41) is 12.7. The highest BCUT2D eigenvalue weighted by Crippen LogP contribution is 2.23. The van der Waals surface area contributed by atoms with Gasteiger partial charge in [0.1, 0.15) is 0 Å². The molecule has 0 radical (unpaired) electrons. The minimum Gasteiger partial charge on any atom is -0.397 e. The van der Waals surface area contributed by atoms with Gasteiger partial charge in [0, 0.05) is 12.1 Å². The summed E-state index contributed by atoms with van der Waals surface area (Å²) in [6.45, 7) is -0.540. The number of nitrogens with one attached hydrogen (secondary N) is 1. The lowest BCUT2D eigenvalue weighted by Crippen LogP contribution is -2.11. The van der Waals surface area contributed by atoms with Gasteiger partial charge in [-0.3, -0.25) is 10.1 Å². The van der Waals surface area contributed by atoms with E-state index in [1.54, 1.807) is 0 Å². The summed E-state index contributed by atoms with van der Waals surface area (Å²) < 4.78 is 23.7. The molecule has 1 rings (SSSR count). The van der Waals surface area contributed by atoms with Gasteiger partial charge in [-0.05, 0) is 6.07 Å². The van der Waals surface area contributed by atoms with E-state index in [1.165, 1.54) is 12.1 Å². The monoisotopic (exact) mass is 217 g/mol. The van der Waals surface area contributed by atoms with E-state index >= 15 is 0 Å². The molecule has 0 saturated heterocycles. The lowest BCUT2D eigenvalue weighted by molar-refractivity contribution is -0.384. The van der Waals surface area contributed by atoms with Crippen LogP contribution in [0.4, 0.5) is 25.8 Å². The first-order valence-corrected chi connectivity index (χ1v) is 4.06. The van der Waals surface area contributed by atoms with Crippen molar-refractivity contribution < 1.29 is 13.7 Å². The first-order valence-electron chi connectivity index (χ1n) is 4.06. The van der Waals surface area contributed by atoms with Gasteiger partial charge in [0.25, 0.3) is 12.1 Å². The molecule has 0 unspecified atom stereocenters. The van der Waals surface area contributed by atoms with Crippen molar-refractivity contribution in [1.29, 1.82) is 0 Å². The first kappa shape index (κ1) is 11.2. The molecule has 0 spiro atoms. The van der Waals surface area contributed by atoms with E-state index in [0.717, 1.165) is 6.07 Å². The Morgan fingerprint density at radius 3 is 2.67 bits per heavy atom. The third kappa shape index (κ3) is 3.04. The van der Waals surface area contributed by atoms with Crippen LogP contribution in [-0.4, -0.2) is 17.9 Å². The minimum atomic E-state index is -2.50. The van der Waals surface area contributed by atoms with Crippen molar-refractivity contribution in [3.8, 4) is 0 Å². The normalized spacial score (nSPS) is 10.3. The smallest absolute Gasteiger partial charge is 0.271 e. The molecule has 82 valence electrons. The maximum atomic E-state index is 11.8. The predicted molar refractivity (Wildman–Crippen MR) is 52.0 cm³/mol. The molecule has 0 aliphatic rings. The van der Waals surface area contributed by atoms with Crippen LogP contribution in [0.15, 0.2) is 18.2 Å². The molecule has 5 nitrogen and oxygen atoms in total. The standard InChI is InChI=1S/C8H9F2N3O2/c9-8(10)4-12-7-2-1-5(13(14)15)3-6(7)11/h1-3,8,12H,4,11H2. The number of benzene rings is 1. The molecule has 15 heavy (non-hydrogen) atoms. The molecule has 7 heteroatoms. The number of non-ortho nitro benzene ring substituents is 1. The lowest BCUT2D eigenvalue weighted by Gasteiger charge is -2.07. The topological polar surface area (TPSA) is 81.2 Å². The van der Waals surface area contributed by atoms with Gasteiger partial charge in [0.15, 0.2) is 0 Å². The average molecular weight is 217 g/mol. The van der Waals surface area contributed by atoms with Gasteiger partial charge in [0.05, 0.1) is 22.8 Å². The molecule has 0 saturated carbocycles. The van der Waals surface area contributed by atoms with E-state index in [4.69, 9.17) is 5.73 Å². The fourth-order valence-corrected chi connectivity index (χ4v) is 1.01. The van der Waals surface area contributed by atoms with Crippen molar-refractivity contribution in [2.75, 3.05) is 17.6 Å². The first-order chi connectivity index (χ1) is 7.00. The fourth-order valence-electron chi connectivity index (χ4n) is 1.01. The van der Waals surface area contributed by atoms with E-state index in [1.807, 2.05) is 0 Å². The number of hydrogen-bond donors (Lipinski definition) is 2. The van der Waals surface area contributed by atoms with Crippen molar-refractivity contribution in [2.24, 2.45) is 0 Å². The number of hydrogen-bond acceptors (Lipinski definition) is 4. The summed E-state index contributed by atoms with van der Waals surface area (Å²) in [6, 6.07) is 3.62. The van der Waals surface area contributed by atoms with E-state index in [9.17, 15) is 18.9 Å². The highest BCUT2D eigenvalue weighted by Gasteiger charge is 2.09. The van der Waals surface area contributed by atoms with Crippen molar-refractivity contribution in [1.82, 2.24) is 0 Å². The molecule has 0 aliphatic heterocycles. The van der Waals surface area contributed by atoms with Crippen LogP contribution in [0.25, 0.3) is 0 Å². The third-order valence-corrected chi connectivity index (χ3v) is 1.69. The van der Waals surface area contributed by atoms with Gasteiger partial charge < -0.3 is 11.1 Å². The number of nitrogens with two attached hydrogens (primary N) is 1. The number of nitro benzene ring substituents is 1. The predicted octanol–water partition coefficient (Wildman–Crippen LogP) is 1.85. The molecule has 0 heterocycles. The van der Waals surface area contributed by atoms with Crippen LogP contribution < -0.4 is 11.1 Å². The second-order valence-electron chi connectivity index (χ2n) is 2.80. The van der Waals surface area contributed by atoms with Gasteiger partial charge in [-0.2, -0.15) is 0 Å². The minimum absolute atomic E-state index is 0.0739. The number of nitro groups is 1. The molecule has 0 bridgehead atoms. The molecule has 0 aromatic heterocycles. The molecular formula is C8H9F2N3O2. The third-order valence-electron chi connectivity index (χ3n) is 1.69. The number of halogens is 2. The van der Waals surface area contributed by atoms with Crippen molar-refractivity contribution in [3.05, 3.63) is 28.3 Å². The number of nitrogen functional groups attached to an aromatic ring is 1. The summed E-state index contributed by atoms with van der Waals surface area (Å²) in [4.78, 5) is 9.74. The number of nitrogens with zero attached hydrogens (tertiary/aromatic N) is 1. The van der Waals surface area contributed by atoms with Crippen LogP contribution in [0.1, 0.15) is 0 Å². The average Bonchev–Trinajstić information content (AvgIpc) is 2.15. The zero-order chi connectivity index (χ0) is 11.4. The maximum Gasteiger partial charge on any atom is 0.271 e. The van der Waals surface area contributed by atoms with Crippen molar-refractivity contribution in [3.63, 3.8) is 0 Å². The number of alkyl halides is 2. The fraction of sp³-hybridized carbons (Fsp3) is 0.250. The molecule has 0 fully saturated rings. The summed E-state index contributed by atoms with van der Waals surface area (Å²) >= 11 is 0. The second kappa shape index (κ2) is 4.54. The molecule has 0 atom stereocenters. The molecule has 3 N–H and O–H groups in total. The van der Waals surface area contributed by atoms with Crippen LogP contribution in [0.5, 0.6) is 0 Å². The Morgan fingerprint density at radius 2 is 2.20 bits per heavy atom. The zero-order valence-electron chi connectivity index (χ0n) is 7.61. The van der Waals surface area contributed by atoms with Gasteiger partial charge in [0.2, 0.25) is 0 Å². The zero-order valence-corrected chi connectivity index (χ0v) is 7.61. The Labute approximate surface area is 84.0 Å². The summed E-state index contributed by atoms with van der Waals surface area (Å²) in [5.74, 6) is 0. The largest absolute Gasteiger partial charge is 0.397 e. The Morgan fingerprint density at radius 1 is 1.53 bits per heavy atom. The highest BCUT2D eigenvalue weighted by atomic mass is 19.3. The van der Waals surface area contributed by atoms with Gasteiger partial charge >= 0.3 is 0 Å². The highest BCUT2D eigenvalue weighted by molar-refractivity contribution is 5.69. The molecule has 0 amide bonds. The van der Waals surface area contributed by atoms with E-state index in [0.29, 0.717) is 0 Å². The van der Waals surface area contributed by atoms with Gasteiger partial charge in [-0.25, -0.2) is 8.78 Å². The van der Waals surface area contributed by atoms with Crippen LogP contribution in [0, 0.1) is 10.1 Å². The molecular weight excluding hydrogens is 208 g/mol. The quantitative estimate of drug-likeness (QED) is 0.458. The Bertz CT molecular complexity index is 371. The van der Waals surface area contributed by atoms with Crippen LogP contribution in [0.2, 0.25) is 0 Å². The van der Waals surface area contributed by atoms with E-state index in [2.05, 4.69) is 5.32 Å². The van der Waals surface area contributed by atoms with Crippen LogP contribution >= 0.6 is 0 Å². The summed E-state index contributed by atoms with van der Waals surface area (Å²) in [6.07, 6.45) is -2.50. The second-order valence-corrected chi connectivity index (χ2v) is 2.80. The van der Waals surface area contributed by atoms with Crippen molar-refractivity contribution >= 4 is 17.1 Å². The van der Waals surface area contributed by atoms with Crippen LogP contribution in [-0.2, 0) is 0 Å². The van der Waals surface area contributed by atoms with Crippen LogP contribution in [0.3, 0.4) is 0 Å². The van der Waals surface area contributed by atoms with Gasteiger partial charge in [-0.1, -0.05) is 0 Å². The van der Waals surface area contributed by atoms with E-state index < -0.39 is 17.9 Å². The number of anilines is 2. The van der Waals surface area contributed by atoms with E-state index in [-0.39, 0.29) is 17.1 Å².